The summed E-state index contributed by atoms with van der Waals surface area (Å²) in [5.41, 5.74) is -1.33. The quantitative estimate of drug-likeness (QED) is 0.887. The van der Waals surface area contributed by atoms with E-state index in [0.717, 1.165) is 31.5 Å². The molecule has 18 heavy (non-hydrogen) atoms. The highest BCUT2D eigenvalue weighted by Crippen LogP contribution is 2.37. The van der Waals surface area contributed by atoms with Gasteiger partial charge in [-0.25, -0.2) is 0 Å². The maximum Gasteiger partial charge on any atom is 0.420 e. The second kappa shape index (κ2) is 4.76. The Labute approximate surface area is 103 Å². The van der Waals surface area contributed by atoms with Gasteiger partial charge in [0, 0.05) is 6.20 Å². The van der Waals surface area contributed by atoms with Crippen LogP contribution in [0.3, 0.4) is 0 Å². The molecule has 0 amide bonds. The molecule has 6 heteroatoms. The van der Waals surface area contributed by atoms with Crippen molar-refractivity contribution in [3.05, 3.63) is 24.0 Å². The Hall–Kier alpha value is -1.30. The highest BCUT2D eigenvalue weighted by atomic mass is 19.4. The van der Waals surface area contributed by atoms with Crippen molar-refractivity contribution >= 4 is 0 Å². The van der Waals surface area contributed by atoms with Gasteiger partial charge in [-0.05, 0) is 38.9 Å². The molecule has 3 nitrogen and oxygen atoms in total. The van der Waals surface area contributed by atoms with E-state index in [-0.39, 0.29) is 5.75 Å². The third kappa shape index (κ3) is 2.93. The molecule has 0 atom stereocenters. The first-order valence-corrected chi connectivity index (χ1v) is 5.82. The lowest BCUT2D eigenvalue weighted by molar-refractivity contribution is -0.140. The normalized spacial score (nSPS) is 19.6. The number of pyridine rings is 1. The molecule has 1 aromatic rings. The molecular weight excluding hydrogens is 245 g/mol. The van der Waals surface area contributed by atoms with Gasteiger partial charge in [-0.15, -0.1) is 0 Å². The van der Waals surface area contributed by atoms with Gasteiger partial charge < -0.3 is 10.1 Å². The van der Waals surface area contributed by atoms with Gasteiger partial charge in [0.25, 0.3) is 0 Å². The second-order valence-corrected chi connectivity index (χ2v) is 4.67. The summed E-state index contributed by atoms with van der Waals surface area (Å²) in [6.07, 6.45) is -0.795. The summed E-state index contributed by atoms with van der Waals surface area (Å²) in [7, 11) is 0. The van der Waals surface area contributed by atoms with Crippen molar-refractivity contribution in [2.75, 3.05) is 13.1 Å². The van der Waals surface area contributed by atoms with Crippen molar-refractivity contribution in [1.29, 1.82) is 0 Å². The molecule has 0 radical (unpaired) electrons. The van der Waals surface area contributed by atoms with Crippen LogP contribution in [0.4, 0.5) is 13.2 Å². The van der Waals surface area contributed by atoms with E-state index in [1.54, 1.807) is 0 Å². The summed E-state index contributed by atoms with van der Waals surface area (Å²) in [6.45, 7) is 3.33. The molecule has 0 spiro atoms. The van der Waals surface area contributed by atoms with E-state index < -0.39 is 17.3 Å². The molecule has 1 saturated heterocycles. The number of hydrogen-bond acceptors (Lipinski definition) is 3. The lowest BCUT2D eigenvalue weighted by atomic mass is 9.94. The highest BCUT2D eigenvalue weighted by molar-refractivity contribution is 5.33. The SMILES string of the molecule is CC1(Oc2cnccc2C(F)(F)F)CCNCC1. The largest absolute Gasteiger partial charge is 0.485 e. The molecule has 1 aliphatic heterocycles. The number of piperidine rings is 1. The number of ether oxygens (including phenoxy) is 1. The highest BCUT2D eigenvalue weighted by Gasteiger charge is 2.37. The van der Waals surface area contributed by atoms with Crippen molar-refractivity contribution in [3.8, 4) is 5.75 Å². The van der Waals surface area contributed by atoms with E-state index in [1.807, 2.05) is 6.92 Å². The van der Waals surface area contributed by atoms with Crippen LogP contribution in [0, 0.1) is 0 Å². The van der Waals surface area contributed by atoms with Gasteiger partial charge in [0.05, 0.1) is 6.20 Å². The Bertz CT molecular complexity index is 414. The lowest BCUT2D eigenvalue weighted by Crippen LogP contribution is -2.44. The smallest absolute Gasteiger partial charge is 0.420 e. The monoisotopic (exact) mass is 260 g/mol. The van der Waals surface area contributed by atoms with Crippen LogP contribution in [0.25, 0.3) is 0 Å². The first kappa shape index (κ1) is 13.1. The fraction of sp³-hybridized carbons (Fsp3) is 0.583. The Morgan fingerprint density at radius 1 is 1.33 bits per heavy atom. The van der Waals surface area contributed by atoms with Crippen molar-refractivity contribution in [3.63, 3.8) is 0 Å². The summed E-state index contributed by atoms with van der Waals surface area (Å²) in [5.74, 6) is -0.186. The number of nitrogens with one attached hydrogen (secondary N) is 1. The first-order chi connectivity index (χ1) is 8.41. The van der Waals surface area contributed by atoms with Crippen LogP contribution in [0.5, 0.6) is 5.75 Å². The Balaban J connectivity index is 2.23. The minimum absolute atomic E-state index is 0.186. The Morgan fingerprint density at radius 3 is 2.61 bits per heavy atom. The average molecular weight is 260 g/mol. The van der Waals surface area contributed by atoms with Gasteiger partial charge in [0.15, 0.2) is 5.75 Å². The van der Waals surface area contributed by atoms with E-state index in [0.29, 0.717) is 12.8 Å². The number of alkyl halides is 3. The van der Waals surface area contributed by atoms with Gasteiger partial charge >= 0.3 is 6.18 Å². The lowest BCUT2D eigenvalue weighted by Gasteiger charge is -2.35. The van der Waals surface area contributed by atoms with Gasteiger partial charge in [-0.1, -0.05) is 0 Å². The molecule has 2 heterocycles. The summed E-state index contributed by atoms with van der Waals surface area (Å²) < 4.78 is 44.0. The van der Waals surface area contributed by atoms with Crippen LogP contribution in [-0.2, 0) is 6.18 Å². The van der Waals surface area contributed by atoms with Crippen molar-refractivity contribution in [2.45, 2.75) is 31.5 Å². The van der Waals surface area contributed by atoms with Gasteiger partial charge in [0.1, 0.15) is 11.2 Å². The molecule has 1 aromatic heterocycles. The van der Waals surface area contributed by atoms with E-state index in [9.17, 15) is 13.2 Å². The standard InChI is InChI=1S/C12H15F3N2O/c1-11(3-6-16-7-4-11)18-10-8-17-5-2-9(10)12(13,14)15/h2,5,8,16H,3-4,6-7H2,1H3. The number of nitrogens with zero attached hydrogens (tertiary/aromatic N) is 1. The Morgan fingerprint density at radius 2 is 2.00 bits per heavy atom. The third-order valence-corrected chi connectivity index (χ3v) is 3.11. The molecule has 100 valence electrons. The summed E-state index contributed by atoms with van der Waals surface area (Å²) in [5, 5.41) is 3.15. The van der Waals surface area contributed by atoms with Crippen molar-refractivity contribution in [1.82, 2.24) is 10.3 Å². The minimum atomic E-state index is -4.42. The maximum absolute atomic E-state index is 12.8. The predicted octanol–water partition coefficient (Wildman–Crippen LogP) is 2.62. The van der Waals surface area contributed by atoms with Crippen LogP contribution in [0.2, 0.25) is 0 Å². The summed E-state index contributed by atoms with van der Waals surface area (Å²) in [6, 6.07) is 0.944. The summed E-state index contributed by atoms with van der Waals surface area (Å²) >= 11 is 0. The third-order valence-electron chi connectivity index (χ3n) is 3.11. The number of aromatic nitrogens is 1. The predicted molar refractivity (Wildman–Crippen MR) is 60.4 cm³/mol. The van der Waals surface area contributed by atoms with Gasteiger partial charge in [-0.2, -0.15) is 13.2 Å². The van der Waals surface area contributed by atoms with E-state index in [4.69, 9.17) is 4.74 Å². The van der Waals surface area contributed by atoms with Gasteiger partial charge in [0.2, 0.25) is 0 Å². The number of halogens is 3. The average Bonchev–Trinajstić information content (AvgIpc) is 2.28. The zero-order chi connectivity index (χ0) is 13.2. The number of hydrogen-bond donors (Lipinski definition) is 1. The fourth-order valence-corrected chi connectivity index (χ4v) is 2.02. The molecule has 2 rings (SSSR count). The van der Waals surface area contributed by atoms with E-state index >= 15 is 0 Å². The van der Waals surface area contributed by atoms with Crippen LogP contribution >= 0.6 is 0 Å². The molecule has 1 fully saturated rings. The number of rotatable bonds is 2. The Kier molecular flexibility index (Phi) is 3.47. The fourth-order valence-electron chi connectivity index (χ4n) is 2.02. The van der Waals surface area contributed by atoms with Crippen molar-refractivity contribution in [2.24, 2.45) is 0 Å². The maximum atomic E-state index is 12.8. The summed E-state index contributed by atoms with van der Waals surface area (Å²) in [4.78, 5) is 3.71. The first-order valence-electron chi connectivity index (χ1n) is 5.82. The molecule has 0 aromatic carbocycles. The van der Waals surface area contributed by atoms with Crippen LogP contribution in [0.1, 0.15) is 25.3 Å². The van der Waals surface area contributed by atoms with Crippen LogP contribution < -0.4 is 10.1 Å². The van der Waals surface area contributed by atoms with Crippen LogP contribution in [0.15, 0.2) is 18.5 Å². The molecule has 1 N–H and O–H groups in total. The molecule has 0 unspecified atom stereocenters. The van der Waals surface area contributed by atoms with Crippen molar-refractivity contribution < 1.29 is 17.9 Å². The molecule has 0 saturated carbocycles. The topological polar surface area (TPSA) is 34.1 Å². The second-order valence-electron chi connectivity index (χ2n) is 4.67. The minimum Gasteiger partial charge on any atom is -0.485 e. The van der Waals surface area contributed by atoms with Gasteiger partial charge in [-0.3, -0.25) is 4.98 Å². The zero-order valence-corrected chi connectivity index (χ0v) is 10.0. The zero-order valence-electron chi connectivity index (χ0n) is 10.0. The molecular formula is C12H15F3N2O. The van der Waals surface area contributed by atoms with Crippen LogP contribution in [-0.4, -0.2) is 23.7 Å². The molecule has 0 aliphatic carbocycles. The molecule has 1 aliphatic rings. The molecule has 0 bridgehead atoms. The van der Waals surface area contributed by atoms with E-state index in [2.05, 4.69) is 10.3 Å². The van der Waals surface area contributed by atoms with E-state index in [1.165, 1.54) is 0 Å².